The summed E-state index contributed by atoms with van der Waals surface area (Å²) in [6.45, 7) is 4.51. The Morgan fingerprint density at radius 1 is 1.04 bits per heavy atom. The van der Waals surface area contributed by atoms with Crippen molar-refractivity contribution in [3.05, 3.63) is 59.7 Å². The Labute approximate surface area is 153 Å². The zero-order valence-corrected chi connectivity index (χ0v) is 14.9. The standard InChI is InChI=1S/C19H21N3O2S/c1-14-4-2-3-5-17(14)21-19(25)20-16-8-6-15(7-9-16)18(23)22-10-12-24-13-11-22/h2-9H,10-13H2,1H3,(H2,20,21,25). The molecule has 0 radical (unpaired) electrons. The first-order valence-corrected chi connectivity index (χ1v) is 8.65. The second-order valence-corrected chi connectivity index (χ2v) is 6.28. The molecule has 1 saturated heterocycles. The lowest BCUT2D eigenvalue weighted by Gasteiger charge is -2.26. The highest BCUT2D eigenvalue weighted by Gasteiger charge is 2.18. The summed E-state index contributed by atoms with van der Waals surface area (Å²) in [7, 11) is 0. The topological polar surface area (TPSA) is 53.6 Å². The van der Waals surface area contributed by atoms with Gasteiger partial charge in [0.05, 0.1) is 13.2 Å². The van der Waals surface area contributed by atoms with Crippen molar-refractivity contribution in [2.45, 2.75) is 6.92 Å². The summed E-state index contributed by atoms with van der Waals surface area (Å²) in [4.78, 5) is 14.2. The van der Waals surface area contributed by atoms with Gasteiger partial charge in [0, 0.05) is 30.0 Å². The quantitative estimate of drug-likeness (QED) is 0.828. The molecule has 2 aromatic rings. The van der Waals surface area contributed by atoms with E-state index in [0.29, 0.717) is 37.0 Å². The minimum Gasteiger partial charge on any atom is -0.378 e. The van der Waals surface area contributed by atoms with Crippen LogP contribution in [0.2, 0.25) is 0 Å². The van der Waals surface area contributed by atoms with Crippen molar-refractivity contribution in [3.8, 4) is 0 Å². The molecule has 1 aliphatic rings. The van der Waals surface area contributed by atoms with Crippen molar-refractivity contribution < 1.29 is 9.53 Å². The number of hydrogen-bond acceptors (Lipinski definition) is 3. The van der Waals surface area contributed by atoms with Gasteiger partial charge in [0.2, 0.25) is 0 Å². The number of nitrogens with one attached hydrogen (secondary N) is 2. The molecule has 0 atom stereocenters. The summed E-state index contributed by atoms with van der Waals surface area (Å²) < 4.78 is 5.28. The van der Waals surface area contributed by atoms with Gasteiger partial charge in [0.25, 0.3) is 5.91 Å². The van der Waals surface area contributed by atoms with Gasteiger partial charge in [-0.1, -0.05) is 18.2 Å². The first kappa shape index (κ1) is 17.4. The lowest BCUT2D eigenvalue weighted by molar-refractivity contribution is 0.0303. The van der Waals surface area contributed by atoms with E-state index in [4.69, 9.17) is 17.0 Å². The fraction of sp³-hybridized carbons (Fsp3) is 0.263. The van der Waals surface area contributed by atoms with E-state index in [2.05, 4.69) is 10.6 Å². The molecule has 3 rings (SSSR count). The van der Waals surface area contributed by atoms with E-state index in [0.717, 1.165) is 16.9 Å². The maximum atomic E-state index is 12.4. The second kappa shape index (κ2) is 8.09. The van der Waals surface area contributed by atoms with Gasteiger partial charge in [-0.25, -0.2) is 0 Å². The molecule has 25 heavy (non-hydrogen) atoms. The number of hydrogen-bond donors (Lipinski definition) is 2. The fourth-order valence-corrected chi connectivity index (χ4v) is 2.87. The Morgan fingerprint density at radius 2 is 1.72 bits per heavy atom. The number of amides is 1. The third-order valence-electron chi connectivity index (χ3n) is 4.08. The van der Waals surface area contributed by atoms with Gasteiger partial charge in [-0.05, 0) is 55.0 Å². The Balaban J connectivity index is 1.59. The van der Waals surface area contributed by atoms with Gasteiger partial charge >= 0.3 is 0 Å². The minimum absolute atomic E-state index is 0.0375. The van der Waals surface area contributed by atoms with E-state index >= 15 is 0 Å². The fourth-order valence-electron chi connectivity index (χ4n) is 2.64. The van der Waals surface area contributed by atoms with Crippen molar-refractivity contribution in [1.29, 1.82) is 0 Å². The number of thiocarbonyl (C=S) groups is 1. The second-order valence-electron chi connectivity index (χ2n) is 5.88. The summed E-state index contributed by atoms with van der Waals surface area (Å²) >= 11 is 5.35. The van der Waals surface area contributed by atoms with E-state index in [9.17, 15) is 4.79 Å². The molecule has 0 aromatic heterocycles. The number of benzene rings is 2. The number of ether oxygens (including phenoxy) is 1. The highest BCUT2D eigenvalue weighted by molar-refractivity contribution is 7.80. The average molecular weight is 355 g/mol. The van der Waals surface area contributed by atoms with Crippen LogP contribution in [-0.4, -0.2) is 42.2 Å². The Hall–Kier alpha value is -2.44. The average Bonchev–Trinajstić information content (AvgIpc) is 2.64. The van der Waals surface area contributed by atoms with Crippen LogP contribution in [0.5, 0.6) is 0 Å². The first-order chi connectivity index (χ1) is 12.1. The maximum Gasteiger partial charge on any atom is 0.254 e. The first-order valence-electron chi connectivity index (χ1n) is 8.24. The van der Waals surface area contributed by atoms with Crippen LogP contribution in [-0.2, 0) is 4.74 Å². The van der Waals surface area contributed by atoms with E-state index in [1.165, 1.54) is 0 Å². The third-order valence-corrected chi connectivity index (χ3v) is 4.29. The number of para-hydroxylation sites is 1. The van der Waals surface area contributed by atoms with E-state index in [-0.39, 0.29) is 5.91 Å². The molecule has 130 valence electrons. The Bertz CT molecular complexity index is 756. The SMILES string of the molecule is Cc1ccccc1NC(=S)Nc1ccc(C(=O)N2CCOCC2)cc1. The smallest absolute Gasteiger partial charge is 0.254 e. The van der Waals surface area contributed by atoms with Crippen LogP contribution in [0.25, 0.3) is 0 Å². The largest absolute Gasteiger partial charge is 0.378 e. The molecular formula is C19H21N3O2S. The van der Waals surface area contributed by atoms with E-state index in [1.807, 2.05) is 60.4 Å². The van der Waals surface area contributed by atoms with Gasteiger partial charge in [-0.2, -0.15) is 0 Å². The van der Waals surface area contributed by atoms with Crippen LogP contribution in [0.1, 0.15) is 15.9 Å². The summed E-state index contributed by atoms with van der Waals surface area (Å²) in [6.07, 6.45) is 0. The molecule has 0 bridgehead atoms. The molecule has 1 heterocycles. The number of carbonyl (C=O) groups is 1. The molecule has 2 N–H and O–H groups in total. The van der Waals surface area contributed by atoms with Crippen molar-refractivity contribution >= 4 is 34.6 Å². The van der Waals surface area contributed by atoms with Crippen LogP contribution in [0.15, 0.2) is 48.5 Å². The highest BCUT2D eigenvalue weighted by atomic mass is 32.1. The van der Waals surface area contributed by atoms with Crippen LogP contribution in [0.4, 0.5) is 11.4 Å². The molecular weight excluding hydrogens is 334 g/mol. The summed E-state index contributed by atoms with van der Waals surface area (Å²) in [5, 5.41) is 6.83. The summed E-state index contributed by atoms with van der Waals surface area (Å²) in [6, 6.07) is 15.3. The zero-order valence-electron chi connectivity index (χ0n) is 14.1. The van der Waals surface area contributed by atoms with Crippen molar-refractivity contribution in [1.82, 2.24) is 4.90 Å². The molecule has 1 fully saturated rings. The summed E-state index contributed by atoms with van der Waals surface area (Å²) in [5.41, 5.74) is 3.60. The van der Waals surface area contributed by atoms with Crippen molar-refractivity contribution in [3.63, 3.8) is 0 Å². The predicted octanol–water partition coefficient (Wildman–Crippen LogP) is 3.28. The summed E-state index contributed by atoms with van der Waals surface area (Å²) in [5.74, 6) is 0.0375. The van der Waals surface area contributed by atoms with Gasteiger partial charge in [-0.3, -0.25) is 4.79 Å². The van der Waals surface area contributed by atoms with Gasteiger partial charge in [0.15, 0.2) is 5.11 Å². The predicted molar refractivity (Wildman–Crippen MR) is 104 cm³/mol. The van der Waals surface area contributed by atoms with Crippen LogP contribution in [0.3, 0.4) is 0 Å². The molecule has 6 heteroatoms. The maximum absolute atomic E-state index is 12.4. The molecule has 5 nitrogen and oxygen atoms in total. The van der Waals surface area contributed by atoms with Crippen molar-refractivity contribution in [2.75, 3.05) is 36.9 Å². The molecule has 0 unspecified atom stereocenters. The van der Waals surface area contributed by atoms with Crippen molar-refractivity contribution in [2.24, 2.45) is 0 Å². The van der Waals surface area contributed by atoms with Gasteiger partial charge in [-0.15, -0.1) is 0 Å². The third kappa shape index (κ3) is 4.55. The molecule has 1 amide bonds. The number of aryl methyl sites for hydroxylation is 1. The molecule has 1 aliphatic heterocycles. The zero-order chi connectivity index (χ0) is 17.6. The lowest BCUT2D eigenvalue weighted by Crippen LogP contribution is -2.40. The molecule has 0 spiro atoms. The molecule has 0 aliphatic carbocycles. The molecule has 2 aromatic carbocycles. The normalized spacial score (nSPS) is 14.0. The lowest BCUT2D eigenvalue weighted by atomic mass is 10.1. The Kier molecular flexibility index (Phi) is 5.63. The monoisotopic (exact) mass is 355 g/mol. The number of carbonyl (C=O) groups excluding carboxylic acids is 1. The number of rotatable bonds is 3. The van der Waals surface area contributed by atoms with Gasteiger partial charge in [0.1, 0.15) is 0 Å². The number of nitrogens with zero attached hydrogens (tertiary/aromatic N) is 1. The van der Waals surface area contributed by atoms with E-state index in [1.54, 1.807) is 0 Å². The number of morpholine rings is 1. The van der Waals surface area contributed by atoms with Crippen LogP contribution >= 0.6 is 12.2 Å². The molecule has 0 saturated carbocycles. The number of anilines is 2. The Morgan fingerprint density at radius 3 is 2.40 bits per heavy atom. The van der Waals surface area contributed by atoms with Gasteiger partial charge < -0.3 is 20.3 Å². The highest BCUT2D eigenvalue weighted by Crippen LogP contribution is 2.16. The van der Waals surface area contributed by atoms with Crippen LogP contribution in [0, 0.1) is 6.92 Å². The van der Waals surface area contributed by atoms with Crippen LogP contribution < -0.4 is 10.6 Å². The minimum atomic E-state index is 0.0375. The van der Waals surface area contributed by atoms with E-state index < -0.39 is 0 Å².